The van der Waals surface area contributed by atoms with Gasteiger partial charge in [-0.2, -0.15) is 0 Å². The fraction of sp³-hybridized carbons (Fsp3) is 1.00. The molecule has 10 atom stereocenters. The van der Waals surface area contributed by atoms with E-state index in [1.807, 2.05) is 6.92 Å². The SMILES string of the molecule is CC1[C@H](C)C[C@@]2([C@@H](C)O)CC[C@@H](C)[I-](C)(C)[C@H](C)[C@H](C)[C@H](C)C(O)[C@@]12O. The second-order valence-electron chi connectivity index (χ2n) is 10.2. The van der Waals surface area contributed by atoms with Gasteiger partial charge in [-0.05, 0) is 0 Å². The van der Waals surface area contributed by atoms with Gasteiger partial charge in [0.1, 0.15) is 0 Å². The van der Waals surface area contributed by atoms with Crippen molar-refractivity contribution in [1.29, 1.82) is 0 Å². The fourth-order valence-corrected chi connectivity index (χ4v) is 13.5. The van der Waals surface area contributed by atoms with E-state index in [1.54, 1.807) is 0 Å². The number of hydrogen-bond acceptors (Lipinski definition) is 3. The summed E-state index contributed by atoms with van der Waals surface area (Å²) in [7, 11) is 0. The minimum absolute atomic E-state index is 0.0133. The van der Waals surface area contributed by atoms with E-state index in [4.69, 9.17) is 0 Å². The molecule has 3 N–H and O–H groups in total. The first-order chi connectivity index (χ1) is 11.7. The van der Waals surface area contributed by atoms with Crippen LogP contribution in [0.5, 0.6) is 0 Å². The summed E-state index contributed by atoms with van der Waals surface area (Å²) in [6.45, 7) is 15.3. The van der Waals surface area contributed by atoms with Crippen molar-refractivity contribution in [2.24, 2.45) is 29.1 Å². The van der Waals surface area contributed by atoms with Crippen molar-refractivity contribution in [2.45, 2.75) is 93.4 Å². The Morgan fingerprint density at radius 1 is 1.00 bits per heavy atom. The van der Waals surface area contributed by atoms with Crippen molar-refractivity contribution < 1.29 is 33.8 Å². The summed E-state index contributed by atoms with van der Waals surface area (Å²) in [6.07, 6.45) is 1.26. The predicted octanol–water partition coefficient (Wildman–Crippen LogP) is 0.385. The van der Waals surface area contributed by atoms with E-state index in [-0.39, 0.29) is 11.8 Å². The first-order valence-electron chi connectivity index (χ1n) is 10.4. The standard InChI is InChI=1S/C22H44IO3/c1-13-12-21(19(7)24)11-10-14(2)23(8,9)18(6)15(3)16(4)20(25)22(21,26)17(13)5/h13-20,24-26H,10-12H2,1-9H3/q-1/t13-,14-,15-,16+,17?,18-,19-,20?,21-,22+/m1/s1. The molecule has 3 nitrogen and oxygen atoms in total. The zero-order valence-electron chi connectivity index (χ0n) is 18.5. The molecule has 2 unspecified atom stereocenters. The van der Waals surface area contributed by atoms with E-state index in [9.17, 15) is 15.3 Å². The zero-order chi connectivity index (χ0) is 20.2. The average molecular weight is 483 g/mol. The third-order valence-electron chi connectivity index (χ3n) is 9.17. The number of rotatable bonds is 1. The van der Waals surface area contributed by atoms with Crippen LogP contribution in [0.1, 0.15) is 67.7 Å². The Bertz CT molecular complexity index is 508. The van der Waals surface area contributed by atoms with Gasteiger partial charge < -0.3 is 0 Å². The van der Waals surface area contributed by atoms with Crippen LogP contribution in [0.3, 0.4) is 0 Å². The molecule has 0 aromatic heterocycles. The van der Waals surface area contributed by atoms with Gasteiger partial charge in [0.2, 0.25) is 0 Å². The van der Waals surface area contributed by atoms with Crippen LogP contribution in [-0.4, -0.2) is 50.8 Å². The zero-order valence-corrected chi connectivity index (χ0v) is 20.6. The van der Waals surface area contributed by atoms with Crippen LogP contribution in [0.4, 0.5) is 0 Å². The van der Waals surface area contributed by atoms with Crippen LogP contribution in [0.25, 0.3) is 0 Å². The Morgan fingerprint density at radius 2 is 1.54 bits per heavy atom. The predicted molar refractivity (Wildman–Crippen MR) is 106 cm³/mol. The van der Waals surface area contributed by atoms with E-state index >= 15 is 0 Å². The molecule has 158 valence electrons. The molecule has 2 aliphatic rings. The first-order valence-corrected chi connectivity index (χ1v) is 17.3. The second kappa shape index (κ2) is 7.46. The Morgan fingerprint density at radius 3 is 2.04 bits per heavy atom. The van der Waals surface area contributed by atoms with Crippen LogP contribution in [0, 0.1) is 29.1 Å². The van der Waals surface area contributed by atoms with Gasteiger partial charge in [-0.3, -0.25) is 0 Å². The molecule has 0 amide bonds. The topological polar surface area (TPSA) is 60.7 Å². The molecule has 0 radical (unpaired) electrons. The van der Waals surface area contributed by atoms with E-state index in [1.165, 1.54) is 0 Å². The number of aliphatic hydroxyl groups excluding tert-OH is 2. The molecule has 1 saturated heterocycles. The molecular formula is C22H44IO3-. The van der Waals surface area contributed by atoms with Crippen LogP contribution in [0.2, 0.25) is 0 Å². The van der Waals surface area contributed by atoms with Gasteiger partial charge in [0.25, 0.3) is 0 Å². The molecule has 0 spiro atoms. The van der Waals surface area contributed by atoms with Gasteiger partial charge in [-0.25, -0.2) is 0 Å². The molecule has 0 bridgehead atoms. The van der Waals surface area contributed by atoms with Crippen molar-refractivity contribution in [1.82, 2.24) is 0 Å². The summed E-state index contributed by atoms with van der Waals surface area (Å²) in [5.41, 5.74) is -1.83. The molecule has 1 heterocycles. The molecular weight excluding hydrogens is 439 g/mol. The molecule has 0 aromatic carbocycles. The van der Waals surface area contributed by atoms with Gasteiger partial charge in [0, 0.05) is 0 Å². The molecule has 2 fully saturated rings. The Kier molecular flexibility index (Phi) is 6.57. The number of fused-ring (bicyclic) bond motifs is 1. The van der Waals surface area contributed by atoms with Gasteiger partial charge in [-0.15, -0.1) is 0 Å². The summed E-state index contributed by atoms with van der Waals surface area (Å²) in [5, 5.41) is 34.5. The maximum atomic E-state index is 12.1. The quantitative estimate of drug-likeness (QED) is 0.374. The molecule has 1 aliphatic carbocycles. The summed E-state index contributed by atoms with van der Waals surface area (Å²) < 4.78 is 1.30. The molecule has 2 rings (SSSR count). The van der Waals surface area contributed by atoms with E-state index in [0.717, 1.165) is 19.3 Å². The van der Waals surface area contributed by atoms with Crippen molar-refractivity contribution in [2.75, 3.05) is 9.86 Å². The van der Waals surface area contributed by atoms with Gasteiger partial charge in [0.15, 0.2) is 0 Å². The molecule has 0 aromatic rings. The Labute approximate surface area is 165 Å². The maximum absolute atomic E-state index is 12.1. The van der Waals surface area contributed by atoms with E-state index < -0.39 is 41.7 Å². The number of halogens is 1. The molecule has 1 aliphatic heterocycles. The van der Waals surface area contributed by atoms with Crippen molar-refractivity contribution in [3.63, 3.8) is 0 Å². The van der Waals surface area contributed by atoms with Gasteiger partial charge >= 0.3 is 166 Å². The Balaban J connectivity index is 2.63. The minimum atomic E-state index is -2.01. The number of hydrogen-bond donors (Lipinski definition) is 3. The summed E-state index contributed by atoms with van der Waals surface area (Å²) in [4.78, 5) is 5.06. The van der Waals surface area contributed by atoms with Crippen LogP contribution in [0.15, 0.2) is 0 Å². The molecule has 26 heavy (non-hydrogen) atoms. The summed E-state index contributed by atoms with van der Waals surface area (Å²) in [5.74, 6) is 0.680. The van der Waals surface area contributed by atoms with Crippen molar-refractivity contribution >= 4 is 0 Å². The molecule has 1 saturated carbocycles. The molecule has 4 heteroatoms. The van der Waals surface area contributed by atoms with E-state index in [2.05, 4.69) is 51.4 Å². The second-order valence-corrected chi connectivity index (χ2v) is 22.1. The third kappa shape index (κ3) is 3.09. The fourth-order valence-electron chi connectivity index (χ4n) is 6.08. The number of aliphatic hydroxyl groups is 3. The summed E-state index contributed by atoms with van der Waals surface area (Å²) in [6, 6.07) is 0. The van der Waals surface area contributed by atoms with Crippen LogP contribution in [-0.2, 0) is 0 Å². The first kappa shape index (κ1) is 22.9. The van der Waals surface area contributed by atoms with Crippen molar-refractivity contribution in [3.8, 4) is 0 Å². The summed E-state index contributed by atoms with van der Waals surface area (Å²) >= 11 is -2.01. The normalized spacial score (nSPS) is 55.0. The Hall–Kier alpha value is 0.610. The number of alkyl halides is 4. The third-order valence-corrected chi connectivity index (χ3v) is 21.5. The van der Waals surface area contributed by atoms with E-state index in [0.29, 0.717) is 19.7 Å². The van der Waals surface area contributed by atoms with Crippen LogP contribution < -0.4 is 18.4 Å². The van der Waals surface area contributed by atoms with Gasteiger partial charge in [0.05, 0.1) is 0 Å². The van der Waals surface area contributed by atoms with Crippen LogP contribution >= 0.6 is 0 Å². The average Bonchev–Trinajstić information content (AvgIpc) is 2.78. The monoisotopic (exact) mass is 483 g/mol. The van der Waals surface area contributed by atoms with Gasteiger partial charge in [-0.1, -0.05) is 0 Å². The van der Waals surface area contributed by atoms with Crippen molar-refractivity contribution in [3.05, 3.63) is 0 Å².